The molecular weight excluding hydrogens is 342 g/mol. The number of aromatic nitrogens is 2. The van der Waals surface area contributed by atoms with E-state index in [2.05, 4.69) is 9.97 Å². The topological polar surface area (TPSA) is 89.5 Å². The summed E-state index contributed by atoms with van der Waals surface area (Å²) in [6.45, 7) is 0. The molecule has 0 saturated carbocycles. The van der Waals surface area contributed by atoms with Crippen LogP contribution in [0.25, 0.3) is 10.7 Å². The molecule has 0 unspecified atom stereocenters. The maximum Gasteiger partial charge on any atom is 0.383 e. The molecule has 0 bridgehead atoms. The van der Waals surface area contributed by atoms with Crippen molar-refractivity contribution in [2.75, 3.05) is 0 Å². The molecule has 1 aliphatic rings. The fourth-order valence-electron chi connectivity index (χ4n) is 2.35. The van der Waals surface area contributed by atoms with Gasteiger partial charge >= 0.3 is 5.97 Å². The highest BCUT2D eigenvalue weighted by atomic mass is 32.1. The van der Waals surface area contributed by atoms with Crippen molar-refractivity contribution in [3.05, 3.63) is 70.9 Å². The summed E-state index contributed by atoms with van der Waals surface area (Å²) in [4.78, 5) is 49.9. The van der Waals surface area contributed by atoms with Crippen LogP contribution in [0.1, 0.15) is 31.2 Å². The van der Waals surface area contributed by atoms with Gasteiger partial charge in [-0.3, -0.25) is 14.6 Å². The zero-order chi connectivity index (χ0) is 17.4. The number of imide groups is 1. The van der Waals surface area contributed by atoms with Gasteiger partial charge in [0, 0.05) is 11.6 Å². The zero-order valence-electron chi connectivity index (χ0n) is 12.6. The lowest BCUT2D eigenvalue weighted by molar-refractivity contribution is -0.0587. The number of nitrogens with zero attached hydrogens (tertiary/aromatic N) is 3. The minimum Gasteiger partial charge on any atom is -0.322 e. The van der Waals surface area contributed by atoms with Gasteiger partial charge in [-0.1, -0.05) is 23.3 Å². The summed E-state index contributed by atoms with van der Waals surface area (Å²) in [5.74, 6) is -2.23. The summed E-state index contributed by atoms with van der Waals surface area (Å²) < 4.78 is 0. The number of carbonyl (C=O) groups is 3. The number of carbonyl (C=O) groups excluding carboxylic acids is 3. The smallest absolute Gasteiger partial charge is 0.322 e. The standard InChI is InChI=1S/C17H9N3O4S/c21-15-10-5-1-2-6-11(10)16(22)20(15)24-17(23)13-9-25-14(19-13)12-7-3-4-8-18-12/h1-9H. The molecule has 2 aromatic heterocycles. The Bertz CT molecular complexity index is 965. The number of hydroxylamine groups is 2. The monoisotopic (exact) mass is 351 g/mol. The molecule has 0 fully saturated rings. The minimum atomic E-state index is -0.882. The van der Waals surface area contributed by atoms with Gasteiger partial charge in [0.05, 0.1) is 16.8 Å². The van der Waals surface area contributed by atoms with Crippen LogP contribution in [-0.4, -0.2) is 32.8 Å². The summed E-state index contributed by atoms with van der Waals surface area (Å²) in [5, 5.41) is 2.49. The number of amides is 2. The van der Waals surface area contributed by atoms with Crippen LogP contribution in [0, 0.1) is 0 Å². The average Bonchev–Trinajstić information content (AvgIpc) is 3.23. The first-order chi connectivity index (χ1) is 12.1. The molecule has 0 N–H and O–H groups in total. The molecule has 2 amide bonds. The van der Waals surface area contributed by atoms with Gasteiger partial charge in [-0.15, -0.1) is 11.3 Å². The zero-order valence-corrected chi connectivity index (χ0v) is 13.4. The van der Waals surface area contributed by atoms with Gasteiger partial charge in [-0.05, 0) is 24.3 Å². The number of hydrogen-bond donors (Lipinski definition) is 0. The molecule has 8 heteroatoms. The number of rotatable bonds is 3. The lowest BCUT2D eigenvalue weighted by Crippen LogP contribution is -2.32. The van der Waals surface area contributed by atoms with Crippen molar-refractivity contribution >= 4 is 29.1 Å². The van der Waals surface area contributed by atoms with Crippen LogP contribution >= 0.6 is 11.3 Å². The number of benzene rings is 1. The van der Waals surface area contributed by atoms with E-state index in [9.17, 15) is 14.4 Å². The molecule has 0 aliphatic carbocycles. The Hall–Kier alpha value is -3.39. The molecule has 1 aliphatic heterocycles. The summed E-state index contributed by atoms with van der Waals surface area (Å²) in [7, 11) is 0. The minimum absolute atomic E-state index is 0.00205. The summed E-state index contributed by atoms with van der Waals surface area (Å²) >= 11 is 1.22. The average molecular weight is 351 g/mol. The molecule has 3 aromatic rings. The van der Waals surface area contributed by atoms with E-state index in [-0.39, 0.29) is 16.8 Å². The number of hydrogen-bond acceptors (Lipinski definition) is 7. The number of thiazole rings is 1. The molecule has 0 radical (unpaired) electrons. The largest absolute Gasteiger partial charge is 0.383 e. The molecule has 25 heavy (non-hydrogen) atoms. The molecule has 0 saturated heterocycles. The van der Waals surface area contributed by atoms with E-state index >= 15 is 0 Å². The van der Waals surface area contributed by atoms with E-state index in [0.29, 0.717) is 15.8 Å². The third kappa shape index (κ3) is 2.58. The van der Waals surface area contributed by atoms with E-state index in [4.69, 9.17) is 4.84 Å². The Morgan fingerprint density at radius 3 is 2.32 bits per heavy atom. The Kier molecular flexibility index (Phi) is 3.58. The van der Waals surface area contributed by atoms with Gasteiger partial charge in [0.1, 0.15) is 5.01 Å². The highest BCUT2D eigenvalue weighted by Crippen LogP contribution is 2.25. The van der Waals surface area contributed by atoms with Crippen LogP contribution in [-0.2, 0) is 4.84 Å². The van der Waals surface area contributed by atoms with Crippen LogP contribution < -0.4 is 0 Å². The Morgan fingerprint density at radius 2 is 1.68 bits per heavy atom. The van der Waals surface area contributed by atoms with Crippen molar-refractivity contribution in [2.24, 2.45) is 0 Å². The fraction of sp³-hybridized carbons (Fsp3) is 0. The predicted molar refractivity (Wildman–Crippen MR) is 87.7 cm³/mol. The molecule has 0 atom stereocenters. The van der Waals surface area contributed by atoms with E-state index in [1.54, 1.807) is 36.5 Å². The van der Waals surface area contributed by atoms with Gasteiger partial charge < -0.3 is 4.84 Å². The number of pyridine rings is 1. The third-order valence-electron chi connectivity index (χ3n) is 3.53. The third-order valence-corrected chi connectivity index (χ3v) is 4.39. The second-order valence-electron chi connectivity index (χ2n) is 5.08. The van der Waals surface area contributed by atoms with Gasteiger partial charge in [0.15, 0.2) is 5.69 Å². The van der Waals surface area contributed by atoms with Crippen LogP contribution in [0.4, 0.5) is 0 Å². The highest BCUT2D eigenvalue weighted by Gasteiger charge is 2.39. The van der Waals surface area contributed by atoms with Gasteiger partial charge in [0.25, 0.3) is 11.8 Å². The SMILES string of the molecule is O=C(ON1C(=O)c2ccccc2C1=O)c1csc(-c2ccccn2)n1. The van der Waals surface area contributed by atoms with Gasteiger partial charge in [-0.2, -0.15) is 0 Å². The molecule has 0 spiro atoms. The quantitative estimate of drug-likeness (QED) is 0.674. The lowest BCUT2D eigenvalue weighted by Gasteiger charge is -2.11. The van der Waals surface area contributed by atoms with Crippen LogP contribution in [0.5, 0.6) is 0 Å². The Balaban J connectivity index is 1.55. The Labute approximate surface area is 145 Å². The first-order valence-corrected chi connectivity index (χ1v) is 8.10. The van der Waals surface area contributed by atoms with Crippen molar-refractivity contribution in [2.45, 2.75) is 0 Å². The first-order valence-electron chi connectivity index (χ1n) is 7.22. The molecule has 4 rings (SSSR count). The normalized spacial score (nSPS) is 13.0. The first kappa shape index (κ1) is 15.2. The van der Waals surface area contributed by atoms with Gasteiger partial charge in [0.2, 0.25) is 0 Å². The van der Waals surface area contributed by atoms with Crippen molar-refractivity contribution < 1.29 is 19.2 Å². The molecular formula is C17H9N3O4S. The summed E-state index contributed by atoms with van der Waals surface area (Å²) in [5.41, 5.74) is 1.02. The second-order valence-corrected chi connectivity index (χ2v) is 5.94. The highest BCUT2D eigenvalue weighted by molar-refractivity contribution is 7.13. The maximum atomic E-state index is 12.2. The Morgan fingerprint density at radius 1 is 1.00 bits per heavy atom. The van der Waals surface area contributed by atoms with Crippen LogP contribution in [0.2, 0.25) is 0 Å². The van der Waals surface area contributed by atoms with E-state index in [1.807, 2.05) is 0 Å². The van der Waals surface area contributed by atoms with Crippen molar-refractivity contribution in [1.82, 2.24) is 15.0 Å². The van der Waals surface area contributed by atoms with E-state index in [0.717, 1.165) is 0 Å². The predicted octanol–water partition coefficient (Wildman–Crippen LogP) is 2.57. The molecule has 7 nitrogen and oxygen atoms in total. The second kappa shape index (κ2) is 5.91. The number of fused-ring (bicyclic) bond motifs is 1. The van der Waals surface area contributed by atoms with Crippen molar-refractivity contribution in [3.8, 4) is 10.7 Å². The molecule has 1 aromatic carbocycles. The summed E-state index contributed by atoms with van der Waals surface area (Å²) in [6.07, 6.45) is 1.62. The fourth-order valence-corrected chi connectivity index (χ4v) is 3.12. The van der Waals surface area contributed by atoms with Crippen LogP contribution in [0.15, 0.2) is 54.0 Å². The van der Waals surface area contributed by atoms with Crippen molar-refractivity contribution in [1.29, 1.82) is 0 Å². The van der Waals surface area contributed by atoms with Gasteiger partial charge in [-0.25, -0.2) is 9.78 Å². The lowest BCUT2D eigenvalue weighted by atomic mass is 10.1. The maximum absolute atomic E-state index is 12.2. The van der Waals surface area contributed by atoms with E-state index < -0.39 is 17.8 Å². The molecule has 3 heterocycles. The summed E-state index contributed by atoms with van der Waals surface area (Å²) in [6, 6.07) is 11.6. The molecule has 122 valence electrons. The van der Waals surface area contributed by atoms with E-state index in [1.165, 1.54) is 28.8 Å². The van der Waals surface area contributed by atoms with Crippen LogP contribution in [0.3, 0.4) is 0 Å². The van der Waals surface area contributed by atoms with Crippen molar-refractivity contribution in [3.63, 3.8) is 0 Å².